The van der Waals surface area contributed by atoms with Gasteiger partial charge in [0.1, 0.15) is 0 Å². The first kappa shape index (κ1) is 13.6. The number of ether oxygens (including phenoxy) is 2. The molecule has 0 saturated heterocycles. The number of fused-ring (bicyclic) bond motifs is 1. The van der Waals surface area contributed by atoms with Crippen LogP contribution in [0.25, 0.3) is 0 Å². The van der Waals surface area contributed by atoms with Gasteiger partial charge in [0.15, 0.2) is 11.5 Å². The van der Waals surface area contributed by atoms with Gasteiger partial charge in [0.2, 0.25) is 6.79 Å². The number of hydrogen-bond donors (Lipinski definition) is 1. The molecule has 104 valence electrons. The highest BCUT2D eigenvalue weighted by atomic mass is 79.9. The van der Waals surface area contributed by atoms with Crippen molar-refractivity contribution in [3.8, 4) is 11.5 Å². The van der Waals surface area contributed by atoms with Crippen LogP contribution in [-0.4, -0.2) is 6.79 Å². The molecular weight excluding hydrogens is 342 g/mol. The van der Waals surface area contributed by atoms with Crippen LogP contribution in [0, 0.1) is 0 Å². The van der Waals surface area contributed by atoms with E-state index in [1.807, 2.05) is 36.4 Å². The molecule has 0 fully saturated rings. The zero-order chi connectivity index (χ0) is 14.1. The third-order valence-corrected chi connectivity index (χ3v) is 4.12. The summed E-state index contributed by atoms with van der Waals surface area (Å²) >= 11 is 9.54. The molecule has 0 aromatic heterocycles. The second-order valence-electron chi connectivity index (χ2n) is 4.60. The Balaban J connectivity index is 1.82. The third kappa shape index (κ3) is 2.72. The van der Waals surface area contributed by atoms with Crippen molar-refractivity contribution in [2.24, 2.45) is 0 Å². The highest BCUT2D eigenvalue weighted by Crippen LogP contribution is 2.35. The fourth-order valence-corrected chi connectivity index (χ4v) is 2.64. The van der Waals surface area contributed by atoms with Gasteiger partial charge in [-0.1, -0.05) is 17.7 Å². The molecule has 1 aliphatic rings. The smallest absolute Gasteiger partial charge is 0.231 e. The van der Waals surface area contributed by atoms with E-state index < -0.39 is 0 Å². The molecule has 0 aliphatic carbocycles. The van der Waals surface area contributed by atoms with Gasteiger partial charge >= 0.3 is 0 Å². The minimum absolute atomic E-state index is 0.124. The van der Waals surface area contributed by atoms with Crippen LogP contribution in [0.5, 0.6) is 11.5 Å². The van der Waals surface area contributed by atoms with Crippen LogP contribution in [-0.2, 0) is 0 Å². The summed E-state index contributed by atoms with van der Waals surface area (Å²) in [5, 5.41) is 4.13. The number of anilines is 1. The average Bonchev–Trinajstić information content (AvgIpc) is 2.90. The topological polar surface area (TPSA) is 30.5 Å². The van der Waals surface area contributed by atoms with Crippen molar-refractivity contribution in [1.29, 1.82) is 0 Å². The molecule has 0 radical (unpaired) electrons. The van der Waals surface area contributed by atoms with E-state index in [0.29, 0.717) is 11.8 Å². The van der Waals surface area contributed by atoms with Gasteiger partial charge in [-0.05, 0) is 58.7 Å². The molecule has 1 unspecified atom stereocenters. The molecule has 0 bridgehead atoms. The summed E-state index contributed by atoms with van der Waals surface area (Å²) in [4.78, 5) is 0. The minimum atomic E-state index is 0.124. The summed E-state index contributed by atoms with van der Waals surface area (Å²) in [7, 11) is 0. The summed E-state index contributed by atoms with van der Waals surface area (Å²) in [6.45, 7) is 2.38. The van der Waals surface area contributed by atoms with Gasteiger partial charge in [-0.25, -0.2) is 0 Å². The molecule has 1 aliphatic heterocycles. The molecule has 1 atom stereocenters. The van der Waals surface area contributed by atoms with Crippen molar-refractivity contribution < 1.29 is 9.47 Å². The second-order valence-corrected chi connectivity index (χ2v) is 5.89. The van der Waals surface area contributed by atoms with E-state index >= 15 is 0 Å². The van der Waals surface area contributed by atoms with Crippen LogP contribution in [0.15, 0.2) is 40.9 Å². The predicted molar refractivity (Wildman–Crippen MR) is 83.8 cm³/mol. The monoisotopic (exact) mass is 353 g/mol. The second kappa shape index (κ2) is 5.54. The quantitative estimate of drug-likeness (QED) is 0.841. The van der Waals surface area contributed by atoms with Crippen molar-refractivity contribution >= 4 is 33.2 Å². The molecule has 20 heavy (non-hydrogen) atoms. The molecule has 0 spiro atoms. The van der Waals surface area contributed by atoms with E-state index in [1.165, 1.54) is 0 Å². The summed E-state index contributed by atoms with van der Waals surface area (Å²) in [5.41, 5.74) is 2.09. The molecule has 1 N–H and O–H groups in total. The average molecular weight is 355 g/mol. The van der Waals surface area contributed by atoms with Crippen LogP contribution in [0.2, 0.25) is 5.02 Å². The number of halogens is 2. The lowest BCUT2D eigenvalue weighted by Gasteiger charge is -2.17. The Morgan fingerprint density at radius 3 is 2.80 bits per heavy atom. The molecule has 1 heterocycles. The number of benzene rings is 2. The highest BCUT2D eigenvalue weighted by Gasteiger charge is 2.16. The van der Waals surface area contributed by atoms with Gasteiger partial charge in [-0.3, -0.25) is 0 Å². The third-order valence-electron chi connectivity index (χ3n) is 3.20. The normalized spacial score (nSPS) is 14.2. The Morgan fingerprint density at radius 1 is 1.15 bits per heavy atom. The zero-order valence-corrected chi connectivity index (χ0v) is 13.2. The van der Waals surface area contributed by atoms with Gasteiger partial charge in [-0.15, -0.1) is 0 Å². The Bertz CT molecular complexity index is 648. The van der Waals surface area contributed by atoms with E-state index in [0.717, 1.165) is 27.2 Å². The molecule has 2 aromatic rings. The van der Waals surface area contributed by atoms with E-state index in [-0.39, 0.29) is 6.04 Å². The van der Waals surface area contributed by atoms with Crippen LogP contribution in [0.3, 0.4) is 0 Å². The van der Waals surface area contributed by atoms with Crippen LogP contribution < -0.4 is 14.8 Å². The first-order chi connectivity index (χ1) is 9.63. The fraction of sp³-hybridized carbons (Fsp3) is 0.200. The molecule has 5 heteroatoms. The van der Waals surface area contributed by atoms with Crippen LogP contribution in [0.4, 0.5) is 5.69 Å². The van der Waals surface area contributed by atoms with Gasteiger partial charge in [0, 0.05) is 15.5 Å². The van der Waals surface area contributed by atoms with Gasteiger partial charge in [0.05, 0.1) is 5.69 Å². The van der Waals surface area contributed by atoms with Crippen molar-refractivity contribution in [1.82, 2.24) is 0 Å². The zero-order valence-electron chi connectivity index (χ0n) is 10.8. The van der Waals surface area contributed by atoms with Gasteiger partial charge < -0.3 is 14.8 Å². The van der Waals surface area contributed by atoms with Crippen molar-refractivity contribution in [2.75, 3.05) is 12.1 Å². The van der Waals surface area contributed by atoms with Crippen LogP contribution in [0.1, 0.15) is 18.5 Å². The molecular formula is C15H13BrClNO2. The summed E-state index contributed by atoms with van der Waals surface area (Å²) in [6.07, 6.45) is 0. The molecule has 3 rings (SSSR count). The Kier molecular flexibility index (Phi) is 3.76. The molecule has 2 aromatic carbocycles. The lowest BCUT2D eigenvalue weighted by atomic mass is 10.1. The van der Waals surface area contributed by atoms with E-state index in [2.05, 4.69) is 28.2 Å². The minimum Gasteiger partial charge on any atom is -0.454 e. The van der Waals surface area contributed by atoms with Crippen molar-refractivity contribution in [2.45, 2.75) is 13.0 Å². The van der Waals surface area contributed by atoms with Gasteiger partial charge in [-0.2, -0.15) is 0 Å². The first-order valence-electron chi connectivity index (χ1n) is 6.24. The number of nitrogens with one attached hydrogen (secondary N) is 1. The highest BCUT2D eigenvalue weighted by molar-refractivity contribution is 9.10. The van der Waals surface area contributed by atoms with E-state index in [4.69, 9.17) is 21.1 Å². The van der Waals surface area contributed by atoms with Crippen LogP contribution >= 0.6 is 27.5 Å². The van der Waals surface area contributed by atoms with Gasteiger partial charge in [0.25, 0.3) is 0 Å². The number of rotatable bonds is 3. The van der Waals surface area contributed by atoms with Crippen molar-refractivity contribution in [3.63, 3.8) is 0 Å². The maximum atomic E-state index is 6.03. The summed E-state index contributed by atoms with van der Waals surface area (Å²) in [5.74, 6) is 1.59. The summed E-state index contributed by atoms with van der Waals surface area (Å²) < 4.78 is 11.7. The lowest BCUT2D eigenvalue weighted by molar-refractivity contribution is 0.174. The Morgan fingerprint density at radius 2 is 1.95 bits per heavy atom. The first-order valence-corrected chi connectivity index (χ1v) is 7.42. The maximum absolute atomic E-state index is 6.03. The molecule has 0 amide bonds. The van der Waals surface area contributed by atoms with Crippen molar-refractivity contribution in [3.05, 3.63) is 51.5 Å². The fourth-order valence-electron chi connectivity index (χ4n) is 2.11. The lowest BCUT2D eigenvalue weighted by Crippen LogP contribution is -2.07. The molecule has 3 nitrogen and oxygen atoms in total. The number of hydrogen-bond acceptors (Lipinski definition) is 3. The predicted octanol–water partition coefficient (Wildman–Crippen LogP) is 5.00. The maximum Gasteiger partial charge on any atom is 0.231 e. The Hall–Kier alpha value is -1.39. The Labute approximate surface area is 131 Å². The standard InChI is InChI=1S/C15H13BrClNO2/c1-9(18-13-7-11(17)3-4-12(13)16)10-2-5-14-15(6-10)20-8-19-14/h2-7,9,18H,8H2,1H3. The molecule has 0 saturated carbocycles. The van der Waals surface area contributed by atoms with E-state index in [1.54, 1.807) is 0 Å². The summed E-state index contributed by atoms with van der Waals surface area (Å²) in [6, 6.07) is 11.8. The SMILES string of the molecule is CC(Nc1cc(Cl)ccc1Br)c1ccc2c(c1)OCO2. The largest absolute Gasteiger partial charge is 0.454 e. The van der Waals surface area contributed by atoms with E-state index in [9.17, 15) is 0 Å².